The molecule has 0 aliphatic rings. The van der Waals surface area contributed by atoms with Gasteiger partial charge in [0, 0.05) is 5.56 Å². The molecule has 2 aromatic carbocycles. The summed E-state index contributed by atoms with van der Waals surface area (Å²) in [5, 5.41) is 10.3. The fourth-order valence-corrected chi connectivity index (χ4v) is 2.24. The Kier molecular flexibility index (Phi) is 3.39. The van der Waals surface area contributed by atoms with Gasteiger partial charge in [0.25, 0.3) is 0 Å². The van der Waals surface area contributed by atoms with E-state index in [0.717, 1.165) is 11.1 Å². The molecule has 0 unspecified atom stereocenters. The van der Waals surface area contributed by atoms with Crippen LogP contribution in [0.5, 0.6) is 5.75 Å². The van der Waals surface area contributed by atoms with Crippen LogP contribution in [0.2, 0.25) is 5.02 Å². The minimum atomic E-state index is -0.254. The van der Waals surface area contributed by atoms with Gasteiger partial charge in [-0.15, -0.1) is 0 Å². The molecule has 0 saturated heterocycles. The van der Waals surface area contributed by atoms with E-state index in [4.69, 9.17) is 11.6 Å². The zero-order chi connectivity index (χ0) is 13.3. The van der Waals surface area contributed by atoms with Crippen LogP contribution < -0.4 is 0 Å². The average molecular weight is 261 g/mol. The highest BCUT2D eigenvalue weighted by atomic mass is 35.5. The largest absolute Gasteiger partial charge is 0.507 e. The standard InChI is InChI=1S/C15H13ClO2/c1-9-7-10(2)14(13(17)8-9)15(18)11-5-3-4-6-12(11)16/h3-8,17H,1-2H3. The minimum absolute atomic E-state index is 0.00239. The summed E-state index contributed by atoms with van der Waals surface area (Å²) in [5.74, 6) is -0.256. The zero-order valence-corrected chi connectivity index (χ0v) is 11.0. The van der Waals surface area contributed by atoms with E-state index in [9.17, 15) is 9.90 Å². The molecule has 0 aromatic heterocycles. The van der Waals surface area contributed by atoms with Crippen LogP contribution in [-0.4, -0.2) is 10.9 Å². The van der Waals surface area contributed by atoms with Gasteiger partial charge < -0.3 is 5.11 Å². The quantitative estimate of drug-likeness (QED) is 0.832. The number of halogens is 1. The molecule has 2 aromatic rings. The number of aromatic hydroxyl groups is 1. The summed E-state index contributed by atoms with van der Waals surface area (Å²) >= 11 is 6.00. The molecule has 92 valence electrons. The molecular formula is C15H13ClO2. The SMILES string of the molecule is Cc1cc(C)c(C(=O)c2ccccc2Cl)c(O)c1. The van der Waals surface area contributed by atoms with E-state index in [0.29, 0.717) is 16.1 Å². The maximum Gasteiger partial charge on any atom is 0.198 e. The van der Waals surface area contributed by atoms with E-state index in [1.165, 1.54) is 0 Å². The molecular weight excluding hydrogens is 248 g/mol. The van der Waals surface area contributed by atoms with Gasteiger partial charge in [-0.1, -0.05) is 29.8 Å². The summed E-state index contributed by atoms with van der Waals surface area (Å²) in [4.78, 5) is 12.4. The first kappa shape index (κ1) is 12.7. The second kappa shape index (κ2) is 4.83. The van der Waals surface area contributed by atoms with Gasteiger partial charge in [0.1, 0.15) is 5.75 Å². The molecule has 0 atom stereocenters. The van der Waals surface area contributed by atoms with Crippen LogP contribution in [0.4, 0.5) is 0 Å². The normalized spacial score (nSPS) is 10.4. The van der Waals surface area contributed by atoms with Crippen LogP contribution in [0, 0.1) is 13.8 Å². The van der Waals surface area contributed by atoms with E-state index < -0.39 is 0 Å². The Bertz CT molecular complexity index is 595. The second-order valence-electron chi connectivity index (χ2n) is 4.28. The number of carbonyl (C=O) groups is 1. The van der Waals surface area contributed by atoms with Gasteiger partial charge in [-0.3, -0.25) is 4.79 Å². The lowest BCUT2D eigenvalue weighted by atomic mass is 9.96. The number of hydrogen-bond acceptors (Lipinski definition) is 2. The summed E-state index contributed by atoms with van der Waals surface area (Å²) in [6, 6.07) is 10.3. The van der Waals surface area contributed by atoms with Crippen molar-refractivity contribution in [1.82, 2.24) is 0 Å². The Morgan fingerprint density at radius 3 is 2.44 bits per heavy atom. The van der Waals surface area contributed by atoms with Crippen molar-refractivity contribution in [3.8, 4) is 5.75 Å². The van der Waals surface area contributed by atoms with Gasteiger partial charge in [0.2, 0.25) is 0 Å². The van der Waals surface area contributed by atoms with Crippen molar-refractivity contribution in [1.29, 1.82) is 0 Å². The third-order valence-electron chi connectivity index (χ3n) is 2.80. The van der Waals surface area contributed by atoms with Gasteiger partial charge in [0.15, 0.2) is 5.78 Å². The van der Waals surface area contributed by atoms with Crippen LogP contribution in [0.25, 0.3) is 0 Å². The van der Waals surface area contributed by atoms with Crippen molar-refractivity contribution in [3.63, 3.8) is 0 Å². The molecule has 3 heteroatoms. The number of phenolic OH excluding ortho intramolecular Hbond substituents is 1. The van der Waals surface area contributed by atoms with Gasteiger partial charge >= 0.3 is 0 Å². The van der Waals surface area contributed by atoms with Crippen molar-refractivity contribution in [2.24, 2.45) is 0 Å². The molecule has 2 rings (SSSR count). The van der Waals surface area contributed by atoms with Crippen molar-refractivity contribution in [2.75, 3.05) is 0 Å². The predicted octanol–water partition coefficient (Wildman–Crippen LogP) is 3.89. The maximum atomic E-state index is 12.4. The molecule has 0 bridgehead atoms. The van der Waals surface area contributed by atoms with E-state index in [1.54, 1.807) is 37.3 Å². The summed E-state index contributed by atoms with van der Waals surface area (Å²) in [6.45, 7) is 3.67. The number of rotatable bonds is 2. The van der Waals surface area contributed by atoms with Crippen LogP contribution in [0.1, 0.15) is 27.0 Å². The molecule has 0 spiro atoms. The number of aryl methyl sites for hydroxylation is 2. The summed E-state index contributed by atoms with van der Waals surface area (Å²) in [7, 11) is 0. The molecule has 0 fully saturated rings. The second-order valence-corrected chi connectivity index (χ2v) is 4.69. The van der Waals surface area contributed by atoms with E-state index in [1.807, 2.05) is 13.0 Å². The summed E-state index contributed by atoms with van der Waals surface area (Å²) in [5.41, 5.74) is 2.38. The highest BCUT2D eigenvalue weighted by molar-refractivity contribution is 6.35. The first-order chi connectivity index (χ1) is 8.50. The van der Waals surface area contributed by atoms with E-state index >= 15 is 0 Å². The van der Waals surface area contributed by atoms with Crippen molar-refractivity contribution in [3.05, 3.63) is 63.7 Å². The lowest BCUT2D eigenvalue weighted by molar-refractivity contribution is 0.103. The molecule has 0 radical (unpaired) electrons. The molecule has 0 heterocycles. The van der Waals surface area contributed by atoms with Crippen LogP contribution in [-0.2, 0) is 0 Å². The van der Waals surface area contributed by atoms with Gasteiger partial charge in [-0.25, -0.2) is 0 Å². The third-order valence-corrected chi connectivity index (χ3v) is 3.13. The van der Waals surface area contributed by atoms with Crippen LogP contribution >= 0.6 is 11.6 Å². The highest BCUT2D eigenvalue weighted by Gasteiger charge is 2.18. The molecule has 0 amide bonds. The average Bonchev–Trinajstić information content (AvgIpc) is 2.27. The lowest BCUT2D eigenvalue weighted by Gasteiger charge is -2.10. The number of benzene rings is 2. The predicted molar refractivity (Wildman–Crippen MR) is 72.5 cm³/mol. The summed E-state index contributed by atoms with van der Waals surface area (Å²) < 4.78 is 0. The number of phenols is 1. The number of hydrogen-bond donors (Lipinski definition) is 1. The Morgan fingerprint density at radius 2 is 1.83 bits per heavy atom. The Labute approximate surface area is 111 Å². The topological polar surface area (TPSA) is 37.3 Å². The van der Waals surface area contributed by atoms with E-state index in [-0.39, 0.29) is 11.5 Å². The smallest absolute Gasteiger partial charge is 0.198 e. The van der Waals surface area contributed by atoms with Crippen molar-refractivity contribution in [2.45, 2.75) is 13.8 Å². The van der Waals surface area contributed by atoms with Gasteiger partial charge in [-0.2, -0.15) is 0 Å². The van der Waals surface area contributed by atoms with Crippen molar-refractivity contribution >= 4 is 17.4 Å². The van der Waals surface area contributed by atoms with Crippen LogP contribution in [0.15, 0.2) is 36.4 Å². The molecule has 1 N–H and O–H groups in total. The molecule has 0 saturated carbocycles. The fraction of sp³-hybridized carbons (Fsp3) is 0.133. The number of ketones is 1. The first-order valence-corrected chi connectivity index (χ1v) is 5.98. The van der Waals surface area contributed by atoms with Gasteiger partial charge in [0.05, 0.1) is 10.6 Å². The Morgan fingerprint density at radius 1 is 1.17 bits per heavy atom. The molecule has 0 aliphatic carbocycles. The Balaban J connectivity index is 2.57. The molecule has 0 aliphatic heterocycles. The highest BCUT2D eigenvalue weighted by Crippen LogP contribution is 2.28. The van der Waals surface area contributed by atoms with E-state index in [2.05, 4.69) is 0 Å². The summed E-state index contributed by atoms with van der Waals surface area (Å²) in [6.07, 6.45) is 0. The zero-order valence-electron chi connectivity index (χ0n) is 10.2. The first-order valence-electron chi connectivity index (χ1n) is 5.60. The lowest BCUT2D eigenvalue weighted by Crippen LogP contribution is -2.05. The van der Waals surface area contributed by atoms with Crippen molar-refractivity contribution < 1.29 is 9.90 Å². The number of carbonyl (C=O) groups excluding carboxylic acids is 1. The fourth-order valence-electron chi connectivity index (χ4n) is 2.02. The van der Waals surface area contributed by atoms with Gasteiger partial charge in [-0.05, 0) is 43.2 Å². The maximum absolute atomic E-state index is 12.4. The molecule has 2 nitrogen and oxygen atoms in total. The monoisotopic (exact) mass is 260 g/mol. The minimum Gasteiger partial charge on any atom is -0.507 e. The molecule has 18 heavy (non-hydrogen) atoms. The Hall–Kier alpha value is -1.80. The van der Waals surface area contributed by atoms with Crippen LogP contribution in [0.3, 0.4) is 0 Å². The third kappa shape index (κ3) is 2.24.